The average Bonchev–Trinajstić information content (AvgIpc) is 1.66. The molecule has 7 aromatic rings. The van der Waals surface area contributed by atoms with Crippen molar-refractivity contribution < 1.29 is 115 Å². The number of ether oxygens (including phenoxy) is 3. The summed E-state index contributed by atoms with van der Waals surface area (Å²) < 4.78 is 194. The molecule has 7 aliphatic heterocycles. The van der Waals surface area contributed by atoms with Crippen LogP contribution < -0.4 is 56.0 Å². The summed E-state index contributed by atoms with van der Waals surface area (Å²) in [5, 5.41) is 39.2. The number of benzene rings is 6. The lowest BCUT2D eigenvalue weighted by Crippen LogP contribution is -2.50. The number of carboxylic acid groups (broad SMARTS) is 1. The van der Waals surface area contributed by atoms with Crippen molar-refractivity contribution >= 4 is 87.8 Å². The van der Waals surface area contributed by atoms with E-state index in [1.54, 1.807) is 123 Å². The maximum Gasteiger partial charge on any atom is 0.410 e. The van der Waals surface area contributed by atoms with Gasteiger partial charge in [-0.1, -0.05) is 0 Å². The van der Waals surface area contributed by atoms with Crippen molar-refractivity contribution in [1.29, 1.82) is 10.5 Å². The highest BCUT2D eigenvalue weighted by molar-refractivity contribution is 6.03. The highest BCUT2D eigenvalue weighted by Gasteiger charge is 2.39. The number of nitriles is 2. The van der Waals surface area contributed by atoms with E-state index in [9.17, 15) is 95.4 Å². The molecule has 0 saturated carbocycles. The van der Waals surface area contributed by atoms with Gasteiger partial charge in [0.25, 0.3) is 17.7 Å². The van der Waals surface area contributed by atoms with Crippen LogP contribution in [0.3, 0.4) is 0 Å². The third-order valence-electron chi connectivity index (χ3n) is 21.8. The fourth-order valence-electron chi connectivity index (χ4n) is 15.1. The Balaban J connectivity index is 0.000000189. The summed E-state index contributed by atoms with van der Waals surface area (Å²) in [6, 6.07) is 15.3. The summed E-state index contributed by atoms with van der Waals surface area (Å²) in [4.78, 5) is 116. The number of anilines is 7. The number of nitrogens with one attached hydrogen (secondary N) is 5. The lowest BCUT2D eigenvalue weighted by atomic mass is 10.1. The van der Waals surface area contributed by atoms with Gasteiger partial charge in [-0.25, -0.2) is 81.2 Å². The highest BCUT2D eigenvalue weighted by Crippen LogP contribution is 2.37. The smallest absolute Gasteiger partial charge is 0.410 e. The van der Waals surface area contributed by atoms with Crippen molar-refractivity contribution in [1.82, 2.24) is 45.9 Å². The molecule has 0 bridgehead atoms. The molecule has 1 atom stereocenters. The molecule has 6 N–H and O–H groups in total. The number of carbonyl (C=O) groups excluding carboxylic acids is 7. The Morgan fingerprint density at radius 1 is 0.409 bits per heavy atom. The second-order valence-electron chi connectivity index (χ2n) is 35.2. The Labute approximate surface area is 784 Å². The molecule has 7 amide bonds. The lowest BCUT2D eigenvalue weighted by molar-refractivity contribution is -0.117. The van der Waals surface area contributed by atoms with Crippen molar-refractivity contribution in [2.75, 3.05) is 192 Å². The van der Waals surface area contributed by atoms with Crippen molar-refractivity contribution in [3.8, 4) is 12.1 Å². The van der Waals surface area contributed by atoms with Crippen LogP contribution in [0.5, 0.6) is 0 Å². The molecule has 0 spiro atoms. The van der Waals surface area contributed by atoms with Gasteiger partial charge in [-0.3, -0.25) is 24.1 Å². The monoisotopic (exact) mass is 1930 g/mol. The van der Waals surface area contributed by atoms with E-state index in [4.69, 9.17) is 29.8 Å². The molecule has 43 heteroatoms. The Morgan fingerprint density at radius 2 is 0.723 bits per heavy atom. The fraction of sp³-hybridized carbons (Fsp3) is 0.457. The van der Waals surface area contributed by atoms with Crippen LogP contribution in [0.1, 0.15) is 154 Å². The normalized spacial score (nSPS) is 16.0. The summed E-state index contributed by atoms with van der Waals surface area (Å²) >= 11 is 0. The molecular formula is C94H111F13N18O12. The number of aromatic carboxylic acids is 1. The summed E-state index contributed by atoms with van der Waals surface area (Å²) in [6.07, 6.45) is 2.42. The number of halogens is 13. The quantitative estimate of drug-likeness (QED) is 0.0335. The predicted octanol–water partition coefficient (Wildman–Crippen LogP) is 13.8. The van der Waals surface area contributed by atoms with Gasteiger partial charge in [0, 0.05) is 206 Å². The molecule has 0 unspecified atom stereocenters. The van der Waals surface area contributed by atoms with Gasteiger partial charge in [0.15, 0.2) is 17.5 Å². The molecule has 740 valence electrons. The van der Waals surface area contributed by atoms with Crippen LogP contribution in [0.2, 0.25) is 0 Å². The number of fused-ring (bicyclic) bond motifs is 3. The molecule has 6 saturated heterocycles. The largest absolute Gasteiger partial charge is 0.478 e. The number of amides is 7. The minimum absolute atomic E-state index is 0.0126. The third-order valence-corrected chi connectivity index (χ3v) is 21.8. The van der Waals surface area contributed by atoms with Gasteiger partial charge in [0.2, 0.25) is 5.91 Å². The van der Waals surface area contributed by atoms with E-state index in [2.05, 4.69) is 41.4 Å². The van der Waals surface area contributed by atoms with E-state index in [1.165, 1.54) is 11.0 Å². The minimum Gasteiger partial charge on any atom is -0.478 e. The van der Waals surface area contributed by atoms with Crippen molar-refractivity contribution in [2.24, 2.45) is 0 Å². The molecule has 0 radical (unpaired) electrons. The molecule has 6 fully saturated rings. The first-order valence-corrected chi connectivity index (χ1v) is 44.3. The summed E-state index contributed by atoms with van der Waals surface area (Å²) in [7, 11) is 0. The topological polar surface area (TPSA) is 338 Å². The first-order chi connectivity index (χ1) is 64.6. The number of rotatable bonds is 14. The highest BCUT2D eigenvalue weighted by atomic mass is 19.2. The number of carboxylic acids is 1. The van der Waals surface area contributed by atoms with Crippen molar-refractivity contribution in [3.63, 3.8) is 0 Å². The second kappa shape index (κ2) is 47.7. The molecule has 1 aromatic heterocycles. The van der Waals surface area contributed by atoms with Gasteiger partial charge in [-0.15, -0.1) is 0 Å². The lowest BCUT2D eigenvalue weighted by Gasteiger charge is -2.36. The SMILES string of the molecule is CC(C)(C)OC(=O)N1CCN(c2cc(F)c(C#N)cc2F)CC1.CC(C)(C)OC(=O)N1CCN(c2cc(F)c(C(=O)O)cc2F)CC1.CCNC(=O)c1cc(F)c(N2CCN(C(=O)OC(C)(C)C)CC2)cc1F.CCNC(=O)c1cc(F)c(N2CCN(Cc3cnc4c(c3)NC(=O)[C@@H]3CCCN43)CC2)cc1F.CCNC(=O)c1cc(F)c(N2CCNCC2)cc1F.N#Cc1cc(F)c(F)cc1F. The molecule has 7 aliphatic rings. The van der Waals surface area contributed by atoms with Gasteiger partial charge in [-0.05, 0) is 144 Å². The zero-order valence-corrected chi connectivity index (χ0v) is 77.9. The van der Waals surface area contributed by atoms with Crippen LogP contribution in [0, 0.1) is 98.3 Å². The van der Waals surface area contributed by atoms with Crippen LogP contribution in [0.25, 0.3) is 0 Å². The third kappa shape index (κ3) is 29.5. The van der Waals surface area contributed by atoms with E-state index in [0.29, 0.717) is 162 Å². The number of piperazine rings is 5. The Morgan fingerprint density at radius 3 is 1.07 bits per heavy atom. The number of pyridine rings is 1. The molecule has 6 aromatic carbocycles. The fourth-order valence-corrected chi connectivity index (χ4v) is 15.1. The maximum absolute atomic E-state index is 14.7. The van der Waals surface area contributed by atoms with Gasteiger partial charge < -0.3 is 90.0 Å². The van der Waals surface area contributed by atoms with Crippen molar-refractivity contribution in [2.45, 2.75) is 125 Å². The van der Waals surface area contributed by atoms with E-state index in [1.807, 2.05) is 12.3 Å². The molecule has 0 aliphatic carbocycles. The van der Waals surface area contributed by atoms with Crippen LogP contribution in [0.4, 0.5) is 111 Å². The zero-order chi connectivity index (χ0) is 101. The van der Waals surface area contributed by atoms with E-state index in [-0.39, 0.29) is 62.6 Å². The average molecular weight is 1930 g/mol. The molecular weight excluding hydrogens is 1820 g/mol. The van der Waals surface area contributed by atoms with E-state index in [0.717, 1.165) is 104 Å². The van der Waals surface area contributed by atoms with Crippen LogP contribution >= 0.6 is 0 Å². The van der Waals surface area contributed by atoms with Crippen LogP contribution in [-0.2, 0) is 25.5 Å². The summed E-state index contributed by atoms with van der Waals surface area (Å²) in [5.74, 6) is -13.3. The summed E-state index contributed by atoms with van der Waals surface area (Å²) in [5.41, 5.74) is -1.83. The minimum atomic E-state index is -1.52. The number of hydrogen-bond acceptors (Lipinski definition) is 22. The Hall–Kier alpha value is -13.6. The molecule has 137 heavy (non-hydrogen) atoms. The van der Waals surface area contributed by atoms with E-state index < -0.39 is 146 Å². The van der Waals surface area contributed by atoms with Crippen LogP contribution in [-0.4, -0.2) is 257 Å². The van der Waals surface area contributed by atoms with E-state index >= 15 is 0 Å². The number of aromatic nitrogens is 1. The second-order valence-corrected chi connectivity index (χ2v) is 35.2. The molecule has 14 rings (SSSR count). The molecule has 30 nitrogen and oxygen atoms in total. The van der Waals surface area contributed by atoms with Gasteiger partial charge in [-0.2, -0.15) is 10.5 Å². The number of hydrogen-bond donors (Lipinski definition) is 6. The predicted molar refractivity (Wildman–Crippen MR) is 484 cm³/mol. The number of nitrogens with zero attached hydrogens (tertiary/aromatic N) is 13. The summed E-state index contributed by atoms with van der Waals surface area (Å²) in [6.45, 7) is 32.8. The maximum atomic E-state index is 14.7. The Kier molecular flexibility index (Phi) is 37.3. The first-order valence-electron chi connectivity index (χ1n) is 44.3. The van der Waals surface area contributed by atoms with Crippen LogP contribution in [0.15, 0.2) is 85.1 Å². The van der Waals surface area contributed by atoms with Gasteiger partial charge in [0.1, 0.15) is 99.0 Å². The van der Waals surface area contributed by atoms with Crippen molar-refractivity contribution in [3.05, 3.63) is 200 Å². The number of carbonyl (C=O) groups is 8. The van der Waals surface area contributed by atoms with Gasteiger partial charge >= 0.3 is 24.2 Å². The standard InChI is InChI=1S/C24H28F2N6O2.C18H25F2N3O3.C16H19F2N3O2.C16H20F2N2O4.C13H17F2N3O.C7H2F3N/c1-2-27-23(33)16-11-18(26)21(12-17(16)25)31-8-6-30(7-9-31)14-15-10-19-22(28-13-15)32-5-3-4-20(32)24(34)29-19;1-5-21-16(24)12-10-14(20)15(11-13(12)19)22-6-8-23(9-7-22)17(25)26-18(2,3)4;1-16(2,3)23-15(22)21-6-4-20(5-7-21)14-9-12(17)11(10-19)8-13(14)18;1-16(2,3)24-15(23)20-6-4-19(5-7-20)13-9-11(17)10(14(21)22)8-12(13)18;1-2-17-13(19)9-7-11(15)12(8-10(9)14)18-5-3-16-4-6-18;8-5-2-7(10)6(9)1-4(5)3-11/h10-13,20H,2-9,14H2,1H3,(H,27,33)(H,29,34);10-11H,5-9H2,1-4H3,(H,21,24);8-9H,4-7H2,1-3H3;8-9H,4-7H2,1-3H3,(H,21,22);7-8,16H,2-6H2,1H3,(H,17,19);1-2H/t20-;;;;;/m0...../s1. The zero-order valence-electron chi connectivity index (χ0n) is 77.9. The molecule has 8 heterocycles. The first kappa shape index (κ1) is 107. The van der Waals surface area contributed by atoms with Gasteiger partial charge in [0.05, 0.1) is 67.5 Å². The Bertz CT molecular complexity index is 5600.